The van der Waals surface area contributed by atoms with Crippen LogP contribution in [0, 0.1) is 13.8 Å². The second-order valence-electron chi connectivity index (χ2n) is 9.81. The number of carboxylic acids is 2. The van der Waals surface area contributed by atoms with Crippen LogP contribution in [-0.2, 0) is 0 Å². The van der Waals surface area contributed by atoms with Crippen LogP contribution in [0.2, 0.25) is 0 Å². The van der Waals surface area contributed by atoms with Crippen LogP contribution in [0.4, 0.5) is 0 Å². The summed E-state index contributed by atoms with van der Waals surface area (Å²) >= 11 is 0. The summed E-state index contributed by atoms with van der Waals surface area (Å²) in [5.74, 6) is -2.57. The first-order valence-corrected chi connectivity index (χ1v) is 13.1. The molecule has 0 spiro atoms. The Labute approximate surface area is 244 Å². The number of carbonyl (C=O) groups is 2. The third-order valence-corrected chi connectivity index (χ3v) is 7.26. The molecule has 5 aromatic rings. The maximum atomic E-state index is 14.2. The fourth-order valence-electron chi connectivity index (χ4n) is 5.31. The van der Waals surface area contributed by atoms with Crippen LogP contribution in [0.3, 0.4) is 0 Å². The van der Waals surface area contributed by atoms with Gasteiger partial charge in [-0.1, -0.05) is 24.3 Å². The van der Waals surface area contributed by atoms with E-state index < -0.39 is 29.0 Å². The minimum absolute atomic E-state index is 0.00262. The summed E-state index contributed by atoms with van der Waals surface area (Å²) in [6, 6.07) is 17.0. The number of aromatic nitrogens is 4. The average Bonchev–Trinajstić information content (AvgIpc) is 3.47. The van der Waals surface area contributed by atoms with Crippen LogP contribution in [0.5, 0.6) is 11.5 Å². The highest BCUT2D eigenvalue weighted by atomic mass is 16.5. The minimum Gasteiger partial charge on any atom is -0.493 e. The van der Waals surface area contributed by atoms with Gasteiger partial charge in [0, 0.05) is 17.0 Å². The van der Waals surface area contributed by atoms with Gasteiger partial charge in [0.15, 0.2) is 11.5 Å². The quantitative estimate of drug-likeness (QED) is 0.203. The lowest BCUT2D eigenvalue weighted by atomic mass is 9.84. The van der Waals surface area contributed by atoms with Crippen molar-refractivity contribution in [2.75, 3.05) is 14.2 Å². The van der Waals surface area contributed by atoms with Crippen LogP contribution in [0.15, 0.2) is 76.3 Å². The monoisotopic (exact) mass is 584 g/mol. The van der Waals surface area contributed by atoms with Gasteiger partial charge in [0.25, 0.3) is 11.1 Å². The Morgan fingerprint density at radius 1 is 0.721 bits per heavy atom. The maximum Gasteiger partial charge on any atom is 0.335 e. The summed E-state index contributed by atoms with van der Waals surface area (Å²) in [6.07, 6.45) is 0. The van der Waals surface area contributed by atoms with E-state index >= 15 is 0 Å². The number of carboxylic acid groups (broad SMARTS) is 2. The van der Waals surface area contributed by atoms with Crippen LogP contribution in [0.1, 0.15) is 54.7 Å². The molecule has 0 aliphatic carbocycles. The molecule has 0 fully saturated rings. The first-order chi connectivity index (χ1) is 20.6. The largest absolute Gasteiger partial charge is 0.493 e. The molecule has 0 saturated heterocycles. The van der Waals surface area contributed by atoms with Gasteiger partial charge in [0.2, 0.25) is 0 Å². The number of nitrogens with zero attached hydrogens (tertiary/aromatic N) is 2. The first-order valence-electron chi connectivity index (χ1n) is 13.1. The van der Waals surface area contributed by atoms with Crippen molar-refractivity contribution >= 4 is 11.9 Å². The molecule has 5 rings (SSSR count). The molecule has 3 aromatic carbocycles. The van der Waals surface area contributed by atoms with E-state index in [9.17, 15) is 29.4 Å². The fraction of sp³-hybridized carbons (Fsp3) is 0.161. The number of hydrogen-bond donors (Lipinski definition) is 4. The lowest BCUT2D eigenvalue weighted by Gasteiger charge is -2.20. The van der Waals surface area contributed by atoms with Crippen molar-refractivity contribution < 1.29 is 29.3 Å². The number of nitrogens with one attached hydrogen (secondary N) is 2. The molecular formula is C31H28N4O8. The Bertz CT molecular complexity index is 1880. The zero-order valence-corrected chi connectivity index (χ0v) is 23.7. The van der Waals surface area contributed by atoms with Gasteiger partial charge in [-0.25, -0.2) is 19.0 Å². The Hall–Kier alpha value is -5.78. The van der Waals surface area contributed by atoms with Gasteiger partial charge in [-0.15, -0.1) is 0 Å². The standard InChI is InChI=1S/C31H28N4O8/c1-16-24(28(36)34(32-16)20-10-5-8-18(14-20)30(38)39)26(22-12-7-13-23(42-3)27(22)43-4)25-17(2)33-35(29(25)37)21-11-6-9-19(15-21)31(40)41/h5-15,26,32-33H,1-4H3,(H,38,39)(H,40,41). The summed E-state index contributed by atoms with van der Waals surface area (Å²) in [6.45, 7) is 3.37. The molecule has 0 atom stereocenters. The van der Waals surface area contributed by atoms with Crippen LogP contribution in [0.25, 0.3) is 11.4 Å². The lowest BCUT2D eigenvalue weighted by molar-refractivity contribution is 0.0686. The molecule has 0 radical (unpaired) electrons. The van der Waals surface area contributed by atoms with Crippen LogP contribution >= 0.6 is 0 Å². The number of ether oxygens (including phenoxy) is 2. The molecule has 12 heteroatoms. The van der Waals surface area contributed by atoms with Gasteiger partial charge < -0.3 is 19.7 Å². The smallest absolute Gasteiger partial charge is 0.335 e. The molecule has 12 nitrogen and oxygen atoms in total. The molecule has 0 bridgehead atoms. The topological polar surface area (TPSA) is 169 Å². The molecule has 0 unspecified atom stereocenters. The van der Waals surface area contributed by atoms with Gasteiger partial charge in [-0.3, -0.25) is 19.8 Å². The van der Waals surface area contributed by atoms with Crippen molar-refractivity contribution in [2.24, 2.45) is 0 Å². The normalized spacial score (nSPS) is 11.1. The molecule has 0 aliphatic heterocycles. The SMILES string of the molecule is COc1cccc(C(c2c(C)[nH]n(-c3cccc(C(=O)O)c3)c2=O)c2c(C)[nH]n(-c3cccc(C(=O)O)c3)c2=O)c1OC. The highest BCUT2D eigenvalue weighted by Gasteiger charge is 2.33. The Morgan fingerprint density at radius 2 is 1.19 bits per heavy atom. The summed E-state index contributed by atoms with van der Waals surface area (Å²) in [7, 11) is 2.93. The van der Waals surface area contributed by atoms with E-state index in [1.807, 2.05) is 0 Å². The number of methoxy groups -OCH3 is 2. The van der Waals surface area contributed by atoms with Crippen LogP contribution in [-0.4, -0.2) is 55.9 Å². The second-order valence-corrected chi connectivity index (χ2v) is 9.81. The molecule has 0 amide bonds. The second kappa shape index (κ2) is 11.2. The van der Waals surface area contributed by atoms with Crippen molar-refractivity contribution in [1.82, 2.24) is 19.6 Å². The van der Waals surface area contributed by atoms with E-state index in [1.54, 1.807) is 44.2 Å². The number of aryl methyl sites for hydroxylation is 2. The van der Waals surface area contributed by atoms with Gasteiger partial charge in [-0.05, 0) is 56.3 Å². The summed E-state index contributed by atoms with van der Waals surface area (Å²) in [5, 5.41) is 25.0. The van der Waals surface area contributed by atoms with Crippen molar-refractivity contribution in [2.45, 2.75) is 19.8 Å². The van der Waals surface area contributed by atoms with Gasteiger partial charge in [0.05, 0.1) is 53.8 Å². The van der Waals surface area contributed by atoms with Crippen LogP contribution < -0.4 is 20.6 Å². The molecule has 0 aliphatic rings. The molecule has 0 saturated carbocycles. The molecular weight excluding hydrogens is 556 g/mol. The number of aromatic carboxylic acids is 2. The maximum absolute atomic E-state index is 14.2. The number of H-pyrrole nitrogens is 2. The molecule has 2 heterocycles. The number of para-hydroxylation sites is 1. The third kappa shape index (κ3) is 4.99. The average molecular weight is 585 g/mol. The number of benzene rings is 3. The predicted octanol–water partition coefficient (Wildman–Crippen LogP) is 3.86. The molecule has 43 heavy (non-hydrogen) atoms. The highest BCUT2D eigenvalue weighted by Crippen LogP contribution is 2.41. The molecule has 4 N–H and O–H groups in total. The summed E-state index contributed by atoms with van der Waals surface area (Å²) in [4.78, 5) is 51.5. The van der Waals surface area contributed by atoms with Gasteiger partial charge >= 0.3 is 11.9 Å². The fourth-order valence-corrected chi connectivity index (χ4v) is 5.31. The lowest BCUT2D eigenvalue weighted by Crippen LogP contribution is -2.26. The number of aromatic amines is 2. The van der Waals surface area contributed by atoms with Gasteiger partial charge in [-0.2, -0.15) is 0 Å². The van der Waals surface area contributed by atoms with E-state index in [4.69, 9.17) is 9.47 Å². The van der Waals surface area contributed by atoms with E-state index in [0.717, 1.165) is 0 Å². The minimum atomic E-state index is -1.15. The summed E-state index contributed by atoms with van der Waals surface area (Å²) in [5.41, 5.74) is 1.35. The van der Waals surface area contributed by atoms with E-state index in [-0.39, 0.29) is 22.3 Å². The zero-order valence-electron chi connectivity index (χ0n) is 23.7. The number of hydrogen-bond acceptors (Lipinski definition) is 6. The molecule has 2 aromatic heterocycles. The zero-order chi connectivity index (χ0) is 31.0. The van der Waals surface area contributed by atoms with Crippen molar-refractivity contribution in [3.63, 3.8) is 0 Å². The predicted molar refractivity (Wildman–Crippen MR) is 157 cm³/mol. The first kappa shape index (κ1) is 28.7. The van der Waals surface area contributed by atoms with Crippen molar-refractivity contribution in [1.29, 1.82) is 0 Å². The van der Waals surface area contributed by atoms with E-state index in [0.29, 0.717) is 39.8 Å². The number of rotatable bonds is 9. The Morgan fingerprint density at radius 3 is 1.60 bits per heavy atom. The van der Waals surface area contributed by atoms with Gasteiger partial charge in [0.1, 0.15) is 0 Å². The van der Waals surface area contributed by atoms with E-state index in [2.05, 4.69) is 10.2 Å². The third-order valence-electron chi connectivity index (χ3n) is 7.26. The van der Waals surface area contributed by atoms with E-state index in [1.165, 1.54) is 60.0 Å². The Kier molecular flexibility index (Phi) is 7.51. The molecule has 220 valence electrons. The van der Waals surface area contributed by atoms with Crippen molar-refractivity contribution in [3.05, 3.63) is 127 Å². The Balaban J connectivity index is 1.81. The van der Waals surface area contributed by atoms with Crippen molar-refractivity contribution in [3.8, 4) is 22.9 Å². The summed E-state index contributed by atoms with van der Waals surface area (Å²) < 4.78 is 13.7. The highest BCUT2D eigenvalue weighted by molar-refractivity contribution is 5.88.